The highest BCUT2D eigenvalue weighted by molar-refractivity contribution is 14.0. The van der Waals surface area contributed by atoms with E-state index in [9.17, 15) is 0 Å². The van der Waals surface area contributed by atoms with Crippen molar-refractivity contribution in [3.05, 3.63) is 65.2 Å². The summed E-state index contributed by atoms with van der Waals surface area (Å²) in [6.45, 7) is 9.67. The SMILES string of the molecule is CCC(C)c1ccc(NC(N)=NCc2ccc(CN3CCOCC3)cc2)cc1.I. The first kappa shape index (κ1) is 23.6. The average Bonchev–Trinajstić information content (AvgIpc) is 2.74. The molecule has 2 aromatic carbocycles. The molecule has 3 rings (SSSR count). The van der Waals surface area contributed by atoms with E-state index in [1.807, 2.05) is 0 Å². The molecule has 3 N–H and O–H groups in total. The van der Waals surface area contributed by atoms with Gasteiger partial charge in [-0.25, -0.2) is 4.99 Å². The molecule has 0 bridgehead atoms. The van der Waals surface area contributed by atoms with E-state index in [-0.39, 0.29) is 24.0 Å². The quantitative estimate of drug-likeness (QED) is 0.327. The van der Waals surface area contributed by atoms with Gasteiger partial charge in [0.05, 0.1) is 19.8 Å². The minimum Gasteiger partial charge on any atom is -0.379 e. The minimum atomic E-state index is 0. The molecule has 1 aliphatic rings. The molecule has 0 aromatic heterocycles. The lowest BCUT2D eigenvalue weighted by Crippen LogP contribution is -2.35. The van der Waals surface area contributed by atoms with Crippen LogP contribution in [0.25, 0.3) is 0 Å². The highest BCUT2D eigenvalue weighted by Gasteiger charge is 2.10. The fraction of sp³-hybridized carbons (Fsp3) is 0.435. The summed E-state index contributed by atoms with van der Waals surface area (Å²) in [7, 11) is 0. The molecule has 0 aliphatic carbocycles. The fourth-order valence-electron chi connectivity index (χ4n) is 3.26. The van der Waals surface area contributed by atoms with E-state index in [0.29, 0.717) is 18.4 Å². The number of nitrogens with two attached hydrogens (primary N) is 1. The number of aliphatic imine (C=N–C) groups is 1. The van der Waals surface area contributed by atoms with Crippen LogP contribution < -0.4 is 11.1 Å². The number of nitrogens with one attached hydrogen (secondary N) is 1. The van der Waals surface area contributed by atoms with Crippen LogP contribution >= 0.6 is 24.0 Å². The maximum absolute atomic E-state index is 6.05. The van der Waals surface area contributed by atoms with E-state index in [0.717, 1.165) is 50.5 Å². The second-order valence-corrected chi connectivity index (χ2v) is 7.46. The smallest absolute Gasteiger partial charge is 0.193 e. The Labute approximate surface area is 191 Å². The summed E-state index contributed by atoms with van der Waals surface area (Å²) in [5.74, 6) is 1.01. The molecule has 1 saturated heterocycles. The van der Waals surface area contributed by atoms with E-state index in [4.69, 9.17) is 10.5 Å². The predicted octanol–water partition coefficient (Wildman–Crippen LogP) is 4.58. The lowest BCUT2D eigenvalue weighted by molar-refractivity contribution is 0.0342. The van der Waals surface area contributed by atoms with Crippen molar-refractivity contribution in [2.45, 2.75) is 39.3 Å². The molecule has 1 aliphatic heterocycles. The predicted molar refractivity (Wildman–Crippen MR) is 132 cm³/mol. The van der Waals surface area contributed by atoms with Gasteiger partial charge in [0.1, 0.15) is 0 Å². The average molecular weight is 508 g/mol. The third-order valence-electron chi connectivity index (χ3n) is 5.33. The van der Waals surface area contributed by atoms with Gasteiger partial charge in [-0.15, -0.1) is 24.0 Å². The number of rotatable bonds is 7. The number of benzene rings is 2. The zero-order valence-corrected chi connectivity index (χ0v) is 19.8. The van der Waals surface area contributed by atoms with E-state index in [1.165, 1.54) is 11.1 Å². The minimum absolute atomic E-state index is 0. The summed E-state index contributed by atoms with van der Waals surface area (Å²) in [5.41, 5.74) is 10.8. The summed E-state index contributed by atoms with van der Waals surface area (Å²) in [5, 5.41) is 3.17. The number of ether oxygens (including phenoxy) is 1. The number of hydrogen-bond donors (Lipinski definition) is 2. The van der Waals surface area contributed by atoms with Gasteiger partial charge in [-0.3, -0.25) is 4.90 Å². The van der Waals surface area contributed by atoms with Crippen LogP contribution in [0.4, 0.5) is 5.69 Å². The normalized spacial score (nSPS) is 16.1. The molecule has 0 radical (unpaired) electrons. The van der Waals surface area contributed by atoms with Gasteiger partial charge < -0.3 is 15.8 Å². The molecule has 158 valence electrons. The largest absolute Gasteiger partial charge is 0.379 e. The maximum atomic E-state index is 6.05. The molecule has 0 saturated carbocycles. The Bertz CT molecular complexity index is 755. The van der Waals surface area contributed by atoms with Crippen LogP contribution in [0.3, 0.4) is 0 Å². The van der Waals surface area contributed by atoms with Gasteiger partial charge in [-0.1, -0.05) is 50.2 Å². The fourth-order valence-corrected chi connectivity index (χ4v) is 3.26. The Kier molecular flexibility index (Phi) is 9.90. The third-order valence-corrected chi connectivity index (χ3v) is 5.33. The van der Waals surface area contributed by atoms with Crippen molar-refractivity contribution < 1.29 is 4.74 Å². The van der Waals surface area contributed by atoms with E-state index in [2.05, 4.69) is 77.6 Å². The molecule has 6 heteroatoms. The Morgan fingerprint density at radius 2 is 1.69 bits per heavy atom. The molecular formula is C23H33IN4O. The maximum Gasteiger partial charge on any atom is 0.193 e. The summed E-state index contributed by atoms with van der Waals surface area (Å²) in [4.78, 5) is 6.89. The molecule has 1 fully saturated rings. The lowest BCUT2D eigenvalue weighted by Gasteiger charge is -2.26. The summed E-state index contributed by atoms with van der Waals surface area (Å²) >= 11 is 0. The molecule has 2 aromatic rings. The Balaban J connectivity index is 0.00000300. The van der Waals surface area contributed by atoms with E-state index >= 15 is 0 Å². The number of halogens is 1. The molecule has 0 amide bonds. The van der Waals surface area contributed by atoms with Crippen molar-refractivity contribution in [3.8, 4) is 0 Å². The van der Waals surface area contributed by atoms with Gasteiger partial charge in [0.15, 0.2) is 5.96 Å². The highest BCUT2D eigenvalue weighted by Crippen LogP contribution is 2.20. The number of guanidine groups is 1. The number of nitrogens with zero attached hydrogens (tertiary/aromatic N) is 2. The molecular weight excluding hydrogens is 475 g/mol. The molecule has 5 nitrogen and oxygen atoms in total. The van der Waals surface area contributed by atoms with E-state index in [1.54, 1.807) is 0 Å². The van der Waals surface area contributed by atoms with Gasteiger partial charge in [0, 0.05) is 25.3 Å². The molecule has 1 atom stereocenters. The van der Waals surface area contributed by atoms with Gasteiger partial charge in [0.25, 0.3) is 0 Å². The standard InChI is InChI=1S/C23H32N4O.HI/c1-3-18(2)21-8-10-22(11-9-21)26-23(24)25-16-19-4-6-20(7-5-19)17-27-12-14-28-15-13-27;/h4-11,18H,3,12-17H2,1-2H3,(H3,24,25,26);1H. The second kappa shape index (κ2) is 12.1. The Morgan fingerprint density at radius 3 is 2.31 bits per heavy atom. The van der Waals surface area contributed by atoms with Gasteiger partial charge in [-0.05, 0) is 41.2 Å². The topological polar surface area (TPSA) is 62.9 Å². The first-order chi connectivity index (χ1) is 13.6. The van der Waals surface area contributed by atoms with Crippen LogP contribution in [0.1, 0.15) is 42.9 Å². The van der Waals surface area contributed by atoms with Crippen molar-refractivity contribution in [2.24, 2.45) is 10.7 Å². The van der Waals surface area contributed by atoms with Crippen molar-refractivity contribution in [1.29, 1.82) is 0 Å². The summed E-state index contributed by atoms with van der Waals surface area (Å²) in [6.07, 6.45) is 1.14. The monoisotopic (exact) mass is 508 g/mol. The third kappa shape index (κ3) is 7.60. The molecule has 0 spiro atoms. The second-order valence-electron chi connectivity index (χ2n) is 7.46. The molecule has 1 heterocycles. The van der Waals surface area contributed by atoms with Gasteiger partial charge in [0.2, 0.25) is 0 Å². The van der Waals surface area contributed by atoms with Crippen molar-refractivity contribution >= 4 is 35.6 Å². The van der Waals surface area contributed by atoms with Crippen LogP contribution in [0, 0.1) is 0 Å². The molecule has 1 unspecified atom stereocenters. The van der Waals surface area contributed by atoms with E-state index < -0.39 is 0 Å². The van der Waals surface area contributed by atoms with Gasteiger partial charge in [-0.2, -0.15) is 0 Å². The Hall–Kier alpha value is -1.64. The van der Waals surface area contributed by atoms with Crippen LogP contribution in [0.2, 0.25) is 0 Å². The van der Waals surface area contributed by atoms with Crippen LogP contribution in [0.5, 0.6) is 0 Å². The number of morpholine rings is 1. The molecule has 29 heavy (non-hydrogen) atoms. The van der Waals surface area contributed by atoms with Crippen molar-refractivity contribution in [1.82, 2.24) is 4.90 Å². The Morgan fingerprint density at radius 1 is 1.07 bits per heavy atom. The van der Waals surface area contributed by atoms with Crippen molar-refractivity contribution in [3.63, 3.8) is 0 Å². The lowest BCUT2D eigenvalue weighted by atomic mass is 9.99. The summed E-state index contributed by atoms with van der Waals surface area (Å²) < 4.78 is 5.40. The van der Waals surface area contributed by atoms with Crippen LogP contribution in [0.15, 0.2) is 53.5 Å². The summed E-state index contributed by atoms with van der Waals surface area (Å²) in [6, 6.07) is 17.0. The van der Waals surface area contributed by atoms with Crippen LogP contribution in [-0.4, -0.2) is 37.2 Å². The first-order valence-corrected chi connectivity index (χ1v) is 10.2. The number of anilines is 1. The first-order valence-electron chi connectivity index (χ1n) is 10.2. The van der Waals surface area contributed by atoms with Crippen LogP contribution in [-0.2, 0) is 17.8 Å². The van der Waals surface area contributed by atoms with Gasteiger partial charge >= 0.3 is 0 Å². The zero-order valence-electron chi connectivity index (χ0n) is 17.4. The zero-order chi connectivity index (χ0) is 19.8. The number of hydrogen-bond acceptors (Lipinski definition) is 3. The van der Waals surface area contributed by atoms with Crippen molar-refractivity contribution in [2.75, 3.05) is 31.6 Å². The highest BCUT2D eigenvalue weighted by atomic mass is 127.